The van der Waals surface area contributed by atoms with Crippen LogP contribution >= 0.6 is 0 Å². The molecule has 1 heterocycles. The number of aliphatic hydroxyl groups excluding tert-OH is 1. The van der Waals surface area contributed by atoms with Gasteiger partial charge in [0, 0.05) is 6.54 Å². The van der Waals surface area contributed by atoms with Crippen LogP contribution in [0.2, 0.25) is 0 Å². The van der Waals surface area contributed by atoms with E-state index in [1.165, 1.54) is 13.3 Å². The van der Waals surface area contributed by atoms with Crippen LogP contribution in [0.4, 0.5) is 0 Å². The fourth-order valence-electron chi connectivity index (χ4n) is 1.49. The second-order valence-corrected chi connectivity index (χ2v) is 3.80. The first-order valence-electron chi connectivity index (χ1n) is 4.80. The lowest BCUT2D eigenvalue weighted by atomic mass is 10.1. The summed E-state index contributed by atoms with van der Waals surface area (Å²) in [5.41, 5.74) is 5.37. The van der Waals surface area contributed by atoms with E-state index in [1.807, 2.05) is 0 Å². The summed E-state index contributed by atoms with van der Waals surface area (Å²) in [5.74, 6) is -0.745. The van der Waals surface area contributed by atoms with Crippen LogP contribution in [0.25, 0.3) is 0 Å². The van der Waals surface area contributed by atoms with E-state index in [-0.39, 0.29) is 6.54 Å². The van der Waals surface area contributed by atoms with Crippen LogP contribution in [0.15, 0.2) is 5.16 Å². The summed E-state index contributed by atoms with van der Waals surface area (Å²) in [5, 5.41) is 13.2. The molecule has 1 aliphatic heterocycles. The van der Waals surface area contributed by atoms with Gasteiger partial charge in [0.1, 0.15) is 19.3 Å². The van der Waals surface area contributed by atoms with Crippen molar-refractivity contribution in [2.45, 2.75) is 37.9 Å². The minimum atomic E-state index is -0.778. The first-order valence-corrected chi connectivity index (χ1v) is 4.80. The molecule has 0 aromatic heterocycles. The molecule has 0 amide bonds. The third-order valence-electron chi connectivity index (χ3n) is 2.10. The molecule has 1 aliphatic rings. The van der Waals surface area contributed by atoms with Gasteiger partial charge < -0.3 is 25.2 Å². The second kappa shape index (κ2) is 4.89. The first-order chi connectivity index (χ1) is 7.00. The summed E-state index contributed by atoms with van der Waals surface area (Å²) in [4.78, 5) is 4.55. The van der Waals surface area contributed by atoms with Gasteiger partial charge in [-0.05, 0) is 13.8 Å². The van der Waals surface area contributed by atoms with Crippen LogP contribution in [0.1, 0.15) is 13.8 Å². The zero-order valence-electron chi connectivity index (χ0n) is 9.21. The molecule has 0 spiro atoms. The molecule has 6 heteroatoms. The Kier molecular flexibility index (Phi) is 4.04. The lowest BCUT2D eigenvalue weighted by molar-refractivity contribution is -0.151. The minimum Gasteiger partial charge on any atom is -0.399 e. The molecule has 0 unspecified atom stereocenters. The third kappa shape index (κ3) is 3.13. The van der Waals surface area contributed by atoms with Crippen molar-refractivity contribution in [1.29, 1.82) is 0 Å². The van der Waals surface area contributed by atoms with E-state index in [9.17, 15) is 5.11 Å². The Balaban J connectivity index is 2.70. The molecule has 0 bridgehead atoms. The van der Waals surface area contributed by atoms with Crippen molar-refractivity contribution >= 4 is 6.21 Å². The Morgan fingerprint density at radius 2 is 2.27 bits per heavy atom. The Morgan fingerprint density at radius 3 is 2.80 bits per heavy atom. The van der Waals surface area contributed by atoms with Crippen molar-refractivity contribution in [3.63, 3.8) is 0 Å². The fourth-order valence-corrected chi connectivity index (χ4v) is 1.49. The van der Waals surface area contributed by atoms with Crippen molar-refractivity contribution in [3.8, 4) is 0 Å². The Morgan fingerprint density at radius 1 is 1.60 bits per heavy atom. The average Bonchev–Trinajstić information content (AvgIpc) is 2.49. The van der Waals surface area contributed by atoms with Crippen molar-refractivity contribution in [3.05, 3.63) is 0 Å². The summed E-state index contributed by atoms with van der Waals surface area (Å²) < 4.78 is 11.0. The molecule has 0 radical (unpaired) electrons. The van der Waals surface area contributed by atoms with Gasteiger partial charge in [-0.1, -0.05) is 5.16 Å². The van der Waals surface area contributed by atoms with E-state index in [4.69, 9.17) is 15.2 Å². The van der Waals surface area contributed by atoms with E-state index >= 15 is 0 Å². The van der Waals surface area contributed by atoms with E-state index < -0.39 is 24.1 Å². The third-order valence-corrected chi connectivity index (χ3v) is 2.10. The van der Waals surface area contributed by atoms with Crippen molar-refractivity contribution < 1.29 is 19.4 Å². The number of ether oxygens (including phenoxy) is 2. The maximum Gasteiger partial charge on any atom is 0.164 e. The number of oxime groups is 1. The van der Waals surface area contributed by atoms with E-state index in [0.29, 0.717) is 0 Å². The first kappa shape index (κ1) is 12.4. The number of hydrogen-bond acceptors (Lipinski definition) is 6. The Hall–Kier alpha value is -0.690. The number of hydrogen-bond donors (Lipinski definition) is 2. The summed E-state index contributed by atoms with van der Waals surface area (Å²) >= 11 is 0. The highest BCUT2D eigenvalue weighted by molar-refractivity contribution is 5.64. The molecule has 0 saturated carbocycles. The van der Waals surface area contributed by atoms with Gasteiger partial charge in [0.15, 0.2) is 5.79 Å². The zero-order valence-corrected chi connectivity index (χ0v) is 9.21. The smallest absolute Gasteiger partial charge is 0.164 e. The van der Waals surface area contributed by atoms with Crippen LogP contribution in [0.5, 0.6) is 0 Å². The molecule has 0 aromatic carbocycles. The quantitative estimate of drug-likeness (QED) is 0.489. The van der Waals surface area contributed by atoms with Crippen LogP contribution < -0.4 is 5.73 Å². The average molecular weight is 218 g/mol. The highest BCUT2D eigenvalue weighted by Gasteiger charge is 2.43. The monoisotopic (exact) mass is 218 g/mol. The second-order valence-electron chi connectivity index (χ2n) is 3.80. The lowest BCUT2D eigenvalue weighted by Gasteiger charge is -2.19. The fraction of sp³-hybridized carbons (Fsp3) is 0.889. The molecule has 3 atom stereocenters. The summed E-state index contributed by atoms with van der Waals surface area (Å²) in [6.45, 7) is 3.65. The van der Waals surface area contributed by atoms with Gasteiger partial charge >= 0.3 is 0 Å². The molecule has 88 valence electrons. The molecule has 15 heavy (non-hydrogen) atoms. The normalized spacial score (nSPS) is 32.1. The minimum absolute atomic E-state index is 0.113. The van der Waals surface area contributed by atoms with Gasteiger partial charge in [-0.25, -0.2) is 0 Å². The van der Waals surface area contributed by atoms with Crippen LogP contribution in [-0.4, -0.2) is 49.1 Å². The maximum atomic E-state index is 9.63. The number of nitrogens with two attached hydrogens (primary N) is 1. The molecule has 1 fully saturated rings. The molecule has 6 nitrogen and oxygen atoms in total. The predicted molar refractivity (Wildman–Crippen MR) is 54.4 cm³/mol. The van der Waals surface area contributed by atoms with Crippen molar-refractivity contribution in [2.75, 3.05) is 13.7 Å². The van der Waals surface area contributed by atoms with Gasteiger partial charge in [0.2, 0.25) is 0 Å². The highest BCUT2D eigenvalue weighted by Crippen LogP contribution is 2.28. The van der Waals surface area contributed by atoms with Gasteiger partial charge in [-0.2, -0.15) is 0 Å². The lowest BCUT2D eigenvalue weighted by Crippen LogP contribution is -2.40. The van der Waals surface area contributed by atoms with Crippen LogP contribution in [0, 0.1) is 0 Å². The van der Waals surface area contributed by atoms with E-state index in [1.54, 1.807) is 13.8 Å². The molecule has 0 aliphatic carbocycles. The zero-order chi connectivity index (χ0) is 11.5. The SMILES string of the molecule is CO/N=C\[C@H]1OC(C)(C)O[C@@H]1[C@H](O)CN. The molecule has 0 aromatic rings. The van der Waals surface area contributed by atoms with Crippen molar-refractivity contribution in [1.82, 2.24) is 0 Å². The summed E-state index contributed by atoms with van der Waals surface area (Å²) in [7, 11) is 1.44. The Labute approximate surface area is 89.0 Å². The number of aliphatic hydroxyl groups is 1. The van der Waals surface area contributed by atoms with Gasteiger partial charge in [0.25, 0.3) is 0 Å². The summed E-state index contributed by atoms with van der Waals surface area (Å²) in [6.07, 6.45) is -0.277. The molecule has 1 saturated heterocycles. The van der Waals surface area contributed by atoms with Crippen LogP contribution in [-0.2, 0) is 14.3 Å². The van der Waals surface area contributed by atoms with Gasteiger partial charge in [0.05, 0.1) is 12.3 Å². The highest BCUT2D eigenvalue weighted by atomic mass is 16.8. The topological polar surface area (TPSA) is 86.3 Å². The standard InChI is InChI=1S/C9H18N2O4/c1-9(2)14-7(5-11-13-3)8(15-9)6(12)4-10/h5-8,12H,4,10H2,1-3H3/b11-5-/t6-,7-,8-/m1/s1. The largest absolute Gasteiger partial charge is 0.399 e. The van der Waals surface area contributed by atoms with E-state index in [2.05, 4.69) is 9.99 Å². The van der Waals surface area contributed by atoms with Crippen molar-refractivity contribution in [2.24, 2.45) is 10.9 Å². The van der Waals surface area contributed by atoms with E-state index in [0.717, 1.165) is 0 Å². The van der Waals surface area contributed by atoms with Gasteiger partial charge in [-0.15, -0.1) is 0 Å². The Bertz CT molecular complexity index is 232. The predicted octanol–water partition coefficient (Wildman–Crippen LogP) is -0.542. The molecule has 1 rings (SSSR count). The van der Waals surface area contributed by atoms with Crippen LogP contribution in [0.3, 0.4) is 0 Å². The number of rotatable bonds is 4. The summed E-state index contributed by atoms with van der Waals surface area (Å²) in [6, 6.07) is 0. The maximum absolute atomic E-state index is 9.63. The van der Waals surface area contributed by atoms with Gasteiger partial charge in [-0.3, -0.25) is 0 Å². The number of nitrogens with zero attached hydrogens (tertiary/aromatic N) is 1. The molecule has 3 N–H and O–H groups in total. The molecular weight excluding hydrogens is 200 g/mol. The molecular formula is C9H18N2O4.